The van der Waals surface area contributed by atoms with Gasteiger partial charge in [0.05, 0.1) is 12.2 Å². The van der Waals surface area contributed by atoms with E-state index in [9.17, 15) is 0 Å². The van der Waals surface area contributed by atoms with E-state index in [4.69, 9.17) is 4.74 Å². The van der Waals surface area contributed by atoms with E-state index in [1.165, 1.54) is 57.8 Å². The summed E-state index contributed by atoms with van der Waals surface area (Å²) < 4.78 is 6.27. The molecule has 0 spiro atoms. The molecule has 1 saturated carbocycles. The Hall–Kier alpha value is -0.0800. The van der Waals surface area contributed by atoms with Crippen molar-refractivity contribution in [3.05, 3.63) is 0 Å². The maximum Gasteiger partial charge on any atom is 0.0731 e. The number of hydrogen-bond acceptors (Lipinski definition) is 2. The van der Waals surface area contributed by atoms with Crippen molar-refractivity contribution < 1.29 is 4.74 Å². The molecule has 2 nitrogen and oxygen atoms in total. The highest BCUT2D eigenvalue weighted by molar-refractivity contribution is 4.82. The second kappa shape index (κ2) is 9.80. The Kier molecular flexibility index (Phi) is 8.70. The SMILES string of the molecule is CCCCCCC(C)OC1CCCCC1NCC. The summed E-state index contributed by atoms with van der Waals surface area (Å²) in [6, 6.07) is 0.599. The van der Waals surface area contributed by atoms with Crippen molar-refractivity contribution in [3.63, 3.8) is 0 Å². The third-order valence-corrected chi connectivity index (χ3v) is 4.04. The van der Waals surface area contributed by atoms with E-state index in [-0.39, 0.29) is 0 Å². The first-order valence-corrected chi connectivity index (χ1v) is 8.16. The zero-order valence-electron chi connectivity index (χ0n) is 12.7. The summed E-state index contributed by atoms with van der Waals surface area (Å²) in [5, 5.41) is 3.59. The average Bonchev–Trinajstić information content (AvgIpc) is 2.37. The summed E-state index contributed by atoms with van der Waals surface area (Å²) in [5.41, 5.74) is 0. The van der Waals surface area contributed by atoms with Crippen LogP contribution in [-0.4, -0.2) is 24.8 Å². The Balaban J connectivity index is 2.20. The normalized spacial score (nSPS) is 26.2. The summed E-state index contributed by atoms with van der Waals surface area (Å²) >= 11 is 0. The molecule has 0 amide bonds. The van der Waals surface area contributed by atoms with Crippen molar-refractivity contribution in [3.8, 4) is 0 Å². The van der Waals surface area contributed by atoms with Crippen LogP contribution >= 0.6 is 0 Å². The molecule has 0 radical (unpaired) electrons. The maximum atomic E-state index is 6.27. The van der Waals surface area contributed by atoms with Gasteiger partial charge in [-0.25, -0.2) is 0 Å². The minimum atomic E-state index is 0.436. The lowest BCUT2D eigenvalue weighted by Gasteiger charge is -2.34. The molecular weight excluding hydrogens is 222 g/mol. The number of likely N-dealkylation sites (N-methyl/N-ethyl adjacent to an activating group) is 1. The van der Waals surface area contributed by atoms with Gasteiger partial charge in [0.2, 0.25) is 0 Å². The van der Waals surface area contributed by atoms with E-state index in [0.29, 0.717) is 18.2 Å². The van der Waals surface area contributed by atoms with Crippen molar-refractivity contribution in [2.24, 2.45) is 0 Å². The van der Waals surface area contributed by atoms with Gasteiger partial charge in [-0.15, -0.1) is 0 Å². The molecule has 2 heteroatoms. The summed E-state index contributed by atoms with van der Waals surface area (Å²) in [4.78, 5) is 0. The van der Waals surface area contributed by atoms with Crippen LogP contribution in [0.4, 0.5) is 0 Å². The maximum absolute atomic E-state index is 6.27. The molecule has 1 aliphatic rings. The second-order valence-corrected chi connectivity index (χ2v) is 5.78. The van der Waals surface area contributed by atoms with E-state index >= 15 is 0 Å². The Morgan fingerprint density at radius 3 is 2.61 bits per heavy atom. The van der Waals surface area contributed by atoms with Gasteiger partial charge in [0.1, 0.15) is 0 Å². The molecule has 1 N–H and O–H groups in total. The van der Waals surface area contributed by atoms with Crippen molar-refractivity contribution in [1.29, 1.82) is 0 Å². The number of nitrogens with one attached hydrogen (secondary N) is 1. The number of unbranched alkanes of at least 4 members (excludes halogenated alkanes) is 3. The van der Waals surface area contributed by atoms with Crippen LogP contribution in [0.2, 0.25) is 0 Å². The fourth-order valence-electron chi connectivity index (χ4n) is 2.98. The van der Waals surface area contributed by atoms with E-state index in [2.05, 4.69) is 26.1 Å². The predicted octanol–water partition coefficient (Wildman–Crippen LogP) is 4.28. The van der Waals surface area contributed by atoms with Gasteiger partial charge in [-0.3, -0.25) is 0 Å². The molecule has 0 aromatic rings. The molecule has 18 heavy (non-hydrogen) atoms. The lowest BCUT2D eigenvalue weighted by Crippen LogP contribution is -2.44. The predicted molar refractivity (Wildman–Crippen MR) is 79.0 cm³/mol. The molecule has 3 unspecified atom stereocenters. The summed E-state index contributed by atoms with van der Waals surface area (Å²) in [6.45, 7) is 7.78. The van der Waals surface area contributed by atoms with Gasteiger partial charge in [0, 0.05) is 6.04 Å². The van der Waals surface area contributed by atoms with Gasteiger partial charge in [-0.2, -0.15) is 0 Å². The molecular formula is C16H33NO. The first-order valence-electron chi connectivity index (χ1n) is 8.16. The van der Waals surface area contributed by atoms with E-state index in [1.807, 2.05) is 0 Å². The lowest BCUT2D eigenvalue weighted by atomic mass is 9.92. The Labute approximate surface area is 114 Å². The minimum absolute atomic E-state index is 0.436. The molecule has 0 heterocycles. The van der Waals surface area contributed by atoms with Gasteiger partial charge in [0.15, 0.2) is 0 Å². The zero-order valence-corrected chi connectivity index (χ0v) is 12.7. The van der Waals surface area contributed by atoms with Crippen LogP contribution in [-0.2, 0) is 4.74 Å². The molecule has 1 rings (SSSR count). The van der Waals surface area contributed by atoms with Gasteiger partial charge in [0.25, 0.3) is 0 Å². The Morgan fingerprint density at radius 2 is 1.89 bits per heavy atom. The molecule has 0 saturated heterocycles. The summed E-state index contributed by atoms with van der Waals surface area (Å²) in [5.74, 6) is 0. The summed E-state index contributed by atoms with van der Waals surface area (Å²) in [7, 11) is 0. The standard InChI is InChI=1S/C16H33NO/c1-4-6-7-8-11-14(3)18-16-13-10-9-12-15(16)17-5-2/h14-17H,4-13H2,1-3H3. The fourth-order valence-corrected chi connectivity index (χ4v) is 2.98. The molecule has 0 aliphatic heterocycles. The topological polar surface area (TPSA) is 21.3 Å². The van der Waals surface area contributed by atoms with Crippen LogP contribution in [0.15, 0.2) is 0 Å². The largest absolute Gasteiger partial charge is 0.374 e. The molecule has 0 aromatic carbocycles. The van der Waals surface area contributed by atoms with Crippen LogP contribution in [0.25, 0.3) is 0 Å². The van der Waals surface area contributed by atoms with Gasteiger partial charge >= 0.3 is 0 Å². The van der Waals surface area contributed by atoms with Gasteiger partial charge in [-0.1, -0.05) is 52.4 Å². The summed E-state index contributed by atoms with van der Waals surface area (Å²) in [6.07, 6.45) is 12.8. The van der Waals surface area contributed by atoms with Gasteiger partial charge in [-0.05, 0) is 32.7 Å². The smallest absolute Gasteiger partial charge is 0.0731 e. The van der Waals surface area contributed by atoms with Crippen molar-refractivity contribution in [2.75, 3.05) is 6.54 Å². The number of ether oxygens (including phenoxy) is 1. The second-order valence-electron chi connectivity index (χ2n) is 5.78. The average molecular weight is 255 g/mol. The van der Waals surface area contributed by atoms with Crippen LogP contribution < -0.4 is 5.32 Å². The van der Waals surface area contributed by atoms with Crippen LogP contribution in [0, 0.1) is 0 Å². The highest BCUT2D eigenvalue weighted by atomic mass is 16.5. The number of hydrogen-bond donors (Lipinski definition) is 1. The van der Waals surface area contributed by atoms with Gasteiger partial charge < -0.3 is 10.1 Å². The van der Waals surface area contributed by atoms with Crippen LogP contribution in [0.3, 0.4) is 0 Å². The van der Waals surface area contributed by atoms with Crippen LogP contribution in [0.5, 0.6) is 0 Å². The third kappa shape index (κ3) is 6.19. The van der Waals surface area contributed by atoms with E-state index < -0.39 is 0 Å². The molecule has 1 aliphatic carbocycles. The molecule has 0 bridgehead atoms. The zero-order chi connectivity index (χ0) is 13.2. The first-order chi connectivity index (χ1) is 8.77. The fraction of sp³-hybridized carbons (Fsp3) is 1.00. The van der Waals surface area contributed by atoms with Crippen molar-refractivity contribution in [1.82, 2.24) is 5.32 Å². The van der Waals surface area contributed by atoms with E-state index in [1.54, 1.807) is 0 Å². The lowest BCUT2D eigenvalue weighted by molar-refractivity contribution is -0.0422. The monoisotopic (exact) mass is 255 g/mol. The van der Waals surface area contributed by atoms with Crippen molar-refractivity contribution in [2.45, 2.75) is 96.8 Å². The molecule has 1 fully saturated rings. The van der Waals surface area contributed by atoms with Crippen LogP contribution in [0.1, 0.15) is 78.6 Å². The quantitative estimate of drug-likeness (QED) is 0.621. The van der Waals surface area contributed by atoms with Crippen molar-refractivity contribution >= 4 is 0 Å². The Bertz CT molecular complexity index is 194. The molecule has 3 atom stereocenters. The number of rotatable bonds is 9. The third-order valence-electron chi connectivity index (χ3n) is 4.04. The Morgan fingerprint density at radius 1 is 1.11 bits per heavy atom. The van der Waals surface area contributed by atoms with E-state index in [0.717, 1.165) is 6.54 Å². The minimum Gasteiger partial charge on any atom is -0.374 e. The first kappa shape index (κ1) is 16.0. The molecule has 0 aromatic heterocycles. The molecule has 108 valence electrons. The highest BCUT2D eigenvalue weighted by Crippen LogP contribution is 2.23. The highest BCUT2D eigenvalue weighted by Gasteiger charge is 2.26.